The number of nitrogens with one attached hydrogen (secondary N) is 1. The topological polar surface area (TPSA) is 53.8 Å². The minimum absolute atomic E-state index is 0.0587. The molecule has 1 rings (SSSR count). The van der Waals surface area contributed by atoms with Crippen molar-refractivity contribution in [3.8, 4) is 5.75 Å². The molecule has 0 spiro atoms. The number of nitrogens with zero attached hydrogens (tertiary/aromatic N) is 1. The van der Waals surface area contributed by atoms with Gasteiger partial charge in [-0.3, -0.25) is 10.7 Å². The Morgan fingerprint density at radius 1 is 1.38 bits per heavy atom. The maximum atomic E-state index is 8.48. The van der Waals surface area contributed by atoms with Gasteiger partial charge < -0.3 is 4.74 Å². The molecule has 0 saturated heterocycles. The van der Waals surface area contributed by atoms with Crippen molar-refractivity contribution < 1.29 is 9.94 Å². The van der Waals surface area contributed by atoms with Gasteiger partial charge in [0, 0.05) is 0 Å². The van der Waals surface area contributed by atoms with Crippen molar-refractivity contribution >= 4 is 12.0 Å². The monoisotopic (exact) mass is 222 g/mol. The molecule has 16 heavy (non-hydrogen) atoms. The van der Waals surface area contributed by atoms with Crippen LogP contribution in [0.1, 0.15) is 26.3 Å². The van der Waals surface area contributed by atoms with E-state index in [1.807, 2.05) is 23.7 Å². The quantitative estimate of drug-likeness (QED) is 0.469. The molecule has 2 N–H and O–H groups in total. The number of ether oxygens (including phenoxy) is 1. The second-order valence-electron chi connectivity index (χ2n) is 4.52. The van der Waals surface area contributed by atoms with Crippen LogP contribution in [0.25, 0.3) is 0 Å². The van der Waals surface area contributed by atoms with Crippen LogP contribution in [0.15, 0.2) is 23.2 Å². The summed E-state index contributed by atoms with van der Waals surface area (Å²) in [6.45, 7) is 6.39. The van der Waals surface area contributed by atoms with Gasteiger partial charge in [0.1, 0.15) is 17.8 Å². The molecule has 88 valence electrons. The van der Waals surface area contributed by atoms with Crippen LogP contribution in [0.5, 0.6) is 5.75 Å². The van der Waals surface area contributed by atoms with E-state index in [4.69, 9.17) is 9.94 Å². The van der Waals surface area contributed by atoms with Gasteiger partial charge in [0.25, 0.3) is 0 Å². The van der Waals surface area contributed by atoms with Crippen LogP contribution < -0.4 is 10.2 Å². The Morgan fingerprint density at radius 3 is 2.56 bits per heavy atom. The highest BCUT2D eigenvalue weighted by Gasteiger charge is 2.15. The summed E-state index contributed by atoms with van der Waals surface area (Å²) in [6.07, 6.45) is 1.21. The van der Waals surface area contributed by atoms with Gasteiger partial charge in [-0.25, -0.2) is 4.99 Å². The summed E-state index contributed by atoms with van der Waals surface area (Å²) < 4.78 is 5.19. The largest absolute Gasteiger partial charge is 0.494 e. The fraction of sp³-hybridized carbons (Fsp3) is 0.417. The third-order valence-corrected chi connectivity index (χ3v) is 2.31. The molecule has 1 aromatic carbocycles. The van der Waals surface area contributed by atoms with Crippen molar-refractivity contribution in [2.45, 2.75) is 26.2 Å². The minimum Gasteiger partial charge on any atom is -0.494 e. The van der Waals surface area contributed by atoms with E-state index in [2.05, 4.69) is 25.8 Å². The molecule has 0 amide bonds. The van der Waals surface area contributed by atoms with Gasteiger partial charge in [-0.2, -0.15) is 0 Å². The van der Waals surface area contributed by atoms with Crippen LogP contribution in [-0.4, -0.2) is 18.7 Å². The van der Waals surface area contributed by atoms with Gasteiger partial charge in [0.15, 0.2) is 0 Å². The van der Waals surface area contributed by atoms with Gasteiger partial charge in [-0.1, -0.05) is 26.8 Å². The molecule has 0 atom stereocenters. The molecular formula is C12H18N2O2. The van der Waals surface area contributed by atoms with Crippen molar-refractivity contribution in [1.29, 1.82) is 0 Å². The van der Waals surface area contributed by atoms with Crippen LogP contribution in [0.2, 0.25) is 0 Å². The van der Waals surface area contributed by atoms with Crippen molar-refractivity contribution in [3.05, 3.63) is 23.8 Å². The molecule has 0 aliphatic carbocycles. The third kappa shape index (κ3) is 2.97. The summed E-state index contributed by atoms with van der Waals surface area (Å²) in [7, 11) is 1.59. The summed E-state index contributed by atoms with van der Waals surface area (Å²) in [6, 6.07) is 5.85. The van der Waals surface area contributed by atoms with Crippen molar-refractivity contribution in [2.24, 2.45) is 4.99 Å². The first kappa shape index (κ1) is 12.5. The first-order valence-electron chi connectivity index (χ1n) is 5.09. The van der Waals surface area contributed by atoms with Crippen molar-refractivity contribution in [1.82, 2.24) is 5.48 Å². The van der Waals surface area contributed by atoms with E-state index in [1.165, 1.54) is 11.9 Å². The van der Waals surface area contributed by atoms with Gasteiger partial charge in [0.2, 0.25) is 0 Å². The molecule has 0 fully saturated rings. The van der Waals surface area contributed by atoms with Crippen molar-refractivity contribution in [3.63, 3.8) is 0 Å². The summed E-state index contributed by atoms with van der Waals surface area (Å²) in [4.78, 5) is 4.06. The molecule has 0 bridgehead atoms. The van der Waals surface area contributed by atoms with Crippen LogP contribution in [0.4, 0.5) is 5.69 Å². The molecule has 4 heteroatoms. The standard InChI is InChI=1S/C12H18N2O2/c1-12(2,3)9-5-6-11(16-4)10(7-9)13-8-14-15/h5-8,15H,1-4H3,(H,13,14). The lowest BCUT2D eigenvalue weighted by Gasteiger charge is -2.20. The first-order valence-corrected chi connectivity index (χ1v) is 5.09. The average molecular weight is 222 g/mol. The molecule has 0 unspecified atom stereocenters. The van der Waals surface area contributed by atoms with Crippen LogP contribution in [0.3, 0.4) is 0 Å². The lowest BCUT2D eigenvalue weighted by Crippen LogP contribution is -2.10. The predicted octanol–water partition coefficient (Wildman–Crippen LogP) is 2.63. The highest BCUT2D eigenvalue weighted by molar-refractivity contribution is 5.65. The van der Waals surface area contributed by atoms with E-state index >= 15 is 0 Å². The van der Waals surface area contributed by atoms with Gasteiger partial charge in [-0.15, -0.1) is 0 Å². The lowest BCUT2D eigenvalue weighted by molar-refractivity contribution is 0.240. The highest BCUT2D eigenvalue weighted by atomic mass is 16.5. The molecule has 0 saturated carbocycles. The second kappa shape index (κ2) is 4.99. The molecule has 4 nitrogen and oxygen atoms in total. The molecule has 0 heterocycles. The number of methoxy groups -OCH3 is 1. The summed E-state index contributed by atoms with van der Waals surface area (Å²) in [5.41, 5.74) is 3.79. The molecular weight excluding hydrogens is 204 g/mol. The zero-order valence-electron chi connectivity index (χ0n) is 10.1. The Labute approximate surface area is 95.9 Å². The van der Waals surface area contributed by atoms with Crippen molar-refractivity contribution in [2.75, 3.05) is 7.11 Å². The Morgan fingerprint density at radius 2 is 2.06 bits per heavy atom. The van der Waals surface area contributed by atoms with E-state index in [1.54, 1.807) is 7.11 Å². The zero-order valence-corrected chi connectivity index (χ0v) is 10.1. The SMILES string of the molecule is COc1ccc(C(C)(C)C)cc1N=CNO. The van der Waals surface area contributed by atoms with Gasteiger partial charge in [0.05, 0.1) is 7.11 Å². The van der Waals surface area contributed by atoms with Crippen LogP contribution >= 0.6 is 0 Å². The van der Waals surface area contributed by atoms with Gasteiger partial charge >= 0.3 is 0 Å². The maximum absolute atomic E-state index is 8.48. The normalized spacial score (nSPS) is 11.8. The highest BCUT2D eigenvalue weighted by Crippen LogP contribution is 2.32. The Bertz CT molecular complexity index is 381. The fourth-order valence-electron chi connectivity index (χ4n) is 1.36. The average Bonchev–Trinajstić information content (AvgIpc) is 2.24. The van der Waals surface area contributed by atoms with E-state index in [-0.39, 0.29) is 5.41 Å². The number of hydrogen-bond donors (Lipinski definition) is 2. The smallest absolute Gasteiger partial charge is 0.144 e. The van der Waals surface area contributed by atoms with Crippen LogP contribution in [0, 0.1) is 0 Å². The fourth-order valence-corrected chi connectivity index (χ4v) is 1.36. The molecule has 0 aliphatic rings. The summed E-state index contributed by atoms with van der Waals surface area (Å²) in [5.74, 6) is 0.680. The van der Waals surface area contributed by atoms with E-state index in [9.17, 15) is 0 Å². The molecule has 1 aromatic rings. The van der Waals surface area contributed by atoms with E-state index < -0.39 is 0 Å². The Hall–Kier alpha value is -1.55. The predicted molar refractivity (Wildman–Crippen MR) is 64.8 cm³/mol. The summed E-state index contributed by atoms with van der Waals surface area (Å²) >= 11 is 0. The number of hydroxylamine groups is 1. The first-order chi connectivity index (χ1) is 7.49. The molecule has 0 aliphatic heterocycles. The Balaban J connectivity index is 3.16. The second-order valence-corrected chi connectivity index (χ2v) is 4.52. The minimum atomic E-state index is 0.0587. The summed E-state index contributed by atoms with van der Waals surface area (Å²) in [5, 5.41) is 8.48. The number of benzene rings is 1. The van der Waals surface area contributed by atoms with E-state index in [0.29, 0.717) is 11.4 Å². The van der Waals surface area contributed by atoms with Gasteiger partial charge in [-0.05, 0) is 23.1 Å². The number of rotatable bonds is 3. The third-order valence-electron chi connectivity index (χ3n) is 2.31. The lowest BCUT2D eigenvalue weighted by atomic mass is 9.87. The molecule has 0 aromatic heterocycles. The van der Waals surface area contributed by atoms with E-state index in [0.717, 1.165) is 0 Å². The molecule has 0 radical (unpaired) electrons. The number of aliphatic imine (C=N–C) groups is 1. The maximum Gasteiger partial charge on any atom is 0.144 e. The Kier molecular flexibility index (Phi) is 3.90. The van der Waals surface area contributed by atoms with Crippen LogP contribution in [-0.2, 0) is 5.41 Å². The number of hydrogen-bond acceptors (Lipinski definition) is 3. The zero-order chi connectivity index (χ0) is 12.2.